The normalized spacial score (nSPS) is 19.9. The average Bonchev–Trinajstić information content (AvgIpc) is 3.47. The Balaban J connectivity index is 1.17. The van der Waals surface area contributed by atoms with Gasteiger partial charge in [-0.05, 0) is 48.8 Å². The van der Waals surface area contributed by atoms with Gasteiger partial charge in [-0.3, -0.25) is 9.78 Å². The van der Waals surface area contributed by atoms with Gasteiger partial charge in [-0.2, -0.15) is 0 Å². The summed E-state index contributed by atoms with van der Waals surface area (Å²) in [5.74, 6) is 1.29. The van der Waals surface area contributed by atoms with Crippen molar-refractivity contribution in [2.24, 2.45) is 11.8 Å². The molecule has 2 amide bonds. The Hall–Kier alpha value is -3.78. The van der Waals surface area contributed by atoms with Gasteiger partial charge in [0.15, 0.2) is 0 Å². The van der Waals surface area contributed by atoms with Crippen molar-refractivity contribution in [2.75, 3.05) is 32.7 Å². The highest BCUT2D eigenvalue weighted by Crippen LogP contribution is 2.33. The standard InChI is InChI=1S/C29H33N5O3/c1-20-7-6-8-21(2)27(20)28(35)34-18-23-16-33(17-24(23)19-34)14-11-25(22-9-4-3-5-10-22)32-29(36)37-26-15-30-12-13-31-26/h3-10,12-13,15,23-25H,11,14,16-19H2,1-2H3,(H,32,36)/t23-,24?,25?/m0/s1. The van der Waals surface area contributed by atoms with Crippen LogP contribution in [-0.2, 0) is 0 Å². The summed E-state index contributed by atoms with van der Waals surface area (Å²) in [6.07, 6.45) is 4.63. The number of aryl methyl sites for hydroxylation is 2. The first-order valence-corrected chi connectivity index (χ1v) is 12.8. The molecule has 2 aliphatic rings. The molecule has 1 N–H and O–H groups in total. The van der Waals surface area contributed by atoms with Crippen LogP contribution in [0.5, 0.6) is 5.88 Å². The van der Waals surface area contributed by atoms with Crippen molar-refractivity contribution in [3.8, 4) is 5.88 Å². The highest BCUT2D eigenvalue weighted by atomic mass is 16.6. The zero-order valence-electron chi connectivity index (χ0n) is 21.3. The molecule has 37 heavy (non-hydrogen) atoms. The quantitative estimate of drug-likeness (QED) is 0.528. The van der Waals surface area contributed by atoms with Crippen molar-refractivity contribution >= 4 is 12.0 Å². The van der Waals surface area contributed by atoms with E-state index >= 15 is 0 Å². The zero-order valence-corrected chi connectivity index (χ0v) is 21.3. The monoisotopic (exact) mass is 499 g/mol. The van der Waals surface area contributed by atoms with Crippen molar-refractivity contribution in [3.63, 3.8) is 0 Å². The van der Waals surface area contributed by atoms with Crippen LogP contribution < -0.4 is 10.1 Å². The van der Waals surface area contributed by atoms with E-state index in [9.17, 15) is 9.59 Å². The van der Waals surface area contributed by atoms with Crippen LogP contribution in [0.4, 0.5) is 4.79 Å². The van der Waals surface area contributed by atoms with Gasteiger partial charge in [-0.1, -0.05) is 48.5 Å². The second kappa shape index (κ2) is 11.1. The molecule has 3 atom stereocenters. The predicted octanol–water partition coefficient (Wildman–Crippen LogP) is 4.02. The third kappa shape index (κ3) is 5.80. The third-order valence-electron chi connectivity index (χ3n) is 7.51. The molecule has 0 saturated carbocycles. The van der Waals surface area contributed by atoms with Crippen molar-refractivity contribution in [3.05, 3.63) is 89.4 Å². The van der Waals surface area contributed by atoms with E-state index in [0.29, 0.717) is 11.8 Å². The SMILES string of the molecule is Cc1cccc(C)c1C(=O)N1CC2CN(CCC(NC(=O)Oc3cnccn3)c3ccccc3)C[C@H]2C1. The summed E-state index contributed by atoms with van der Waals surface area (Å²) < 4.78 is 5.31. The average molecular weight is 500 g/mol. The molecule has 192 valence electrons. The lowest BCUT2D eigenvalue weighted by Crippen LogP contribution is -2.36. The second-order valence-electron chi connectivity index (χ2n) is 10.1. The second-order valence-corrected chi connectivity index (χ2v) is 10.1. The van der Waals surface area contributed by atoms with Crippen LogP contribution in [0.25, 0.3) is 0 Å². The Bertz CT molecular complexity index is 1200. The number of amides is 2. The van der Waals surface area contributed by atoms with E-state index in [1.54, 1.807) is 0 Å². The molecule has 8 nitrogen and oxygen atoms in total. The molecule has 1 aromatic heterocycles. The van der Waals surface area contributed by atoms with Gasteiger partial charge in [-0.25, -0.2) is 9.78 Å². The maximum atomic E-state index is 13.3. The largest absolute Gasteiger partial charge is 0.414 e. The summed E-state index contributed by atoms with van der Waals surface area (Å²) >= 11 is 0. The fourth-order valence-electron chi connectivity index (χ4n) is 5.67. The Morgan fingerprint density at radius 1 is 0.973 bits per heavy atom. The summed E-state index contributed by atoms with van der Waals surface area (Å²) in [4.78, 5) is 38.3. The molecule has 2 saturated heterocycles. The van der Waals surface area contributed by atoms with Crippen molar-refractivity contribution < 1.29 is 14.3 Å². The number of hydrogen-bond acceptors (Lipinski definition) is 6. The number of carbonyl (C=O) groups excluding carboxylic acids is 2. The molecular weight excluding hydrogens is 466 g/mol. The molecule has 2 aromatic carbocycles. The minimum absolute atomic E-state index is 0.159. The fourth-order valence-corrected chi connectivity index (χ4v) is 5.67. The molecule has 0 spiro atoms. The van der Waals surface area contributed by atoms with E-state index in [2.05, 4.69) is 20.2 Å². The van der Waals surface area contributed by atoms with E-state index in [0.717, 1.165) is 61.4 Å². The van der Waals surface area contributed by atoms with Crippen LogP contribution in [0, 0.1) is 25.7 Å². The number of aromatic nitrogens is 2. The van der Waals surface area contributed by atoms with Gasteiger partial charge in [0, 0.05) is 50.7 Å². The Labute approximate surface area is 217 Å². The van der Waals surface area contributed by atoms with E-state index in [-0.39, 0.29) is 17.8 Å². The summed E-state index contributed by atoms with van der Waals surface area (Å²) in [5, 5.41) is 3.00. The molecule has 2 unspecified atom stereocenters. The first kappa shape index (κ1) is 24.9. The maximum Gasteiger partial charge on any atom is 0.414 e. The maximum absolute atomic E-state index is 13.3. The Morgan fingerprint density at radius 3 is 2.32 bits per heavy atom. The number of carbonyl (C=O) groups is 2. The van der Waals surface area contributed by atoms with Gasteiger partial charge in [0.25, 0.3) is 5.91 Å². The van der Waals surface area contributed by atoms with Crippen LogP contribution in [0.3, 0.4) is 0 Å². The van der Waals surface area contributed by atoms with Gasteiger partial charge in [-0.15, -0.1) is 0 Å². The fraction of sp³-hybridized carbons (Fsp3) is 0.379. The Morgan fingerprint density at radius 2 is 1.68 bits per heavy atom. The van der Waals surface area contributed by atoms with E-state index in [4.69, 9.17) is 4.74 Å². The number of fused-ring (bicyclic) bond motifs is 1. The summed E-state index contributed by atoms with van der Waals surface area (Å²) in [6, 6.07) is 15.8. The molecule has 8 heteroatoms. The number of hydrogen-bond donors (Lipinski definition) is 1. The molecule has 3 aromatic rings. The first-order valence-electron chi connectivity index (χ1n) is 12.8. The summed E-state index contributed by atoms with van der Waals surface area (Å²) in [7, 11) is 0. The molecule has 5 rings (SSSR count). The smallest absolute Gasteiger partial charge is 0.390 e. The summed E-state index contributed by atoms with van der Waals surface area (Å²) in [6.45, 7) is 8.41. The number of rotatable bonds is 7. The highest BCUT2D eigenvalue weighted by molar-refractivity contribution is 5.97. The van der Waals surface area contributed by atoms with Crippen LogP contribution in [-0.4, -0.2) is 64.5 Å². The molecular formula is C29H33N5O3. The summed E-state index contributed by atoms with van der Waals surface area (Å²) in [5.41, 5.74) is 3.97. The van der Waals surface area contributed by atoms with Gasteiger partial charge >= 0.3 is 6.09 Å². The number of ether oxygens (including phenoxy) is 1. The number of benzene rings is 2. The van der Waals surface area contributed by atoms with Gasteiger partial charge < -0.3 is 19.9 Å². The van der Waals surface area contributed by atoms with E-state index < -0.39 is 6.09 Å². The minimum Gasteiger partial charge on any atom is -0.390 e. The number of likely N-dealkylation sites (tertiary alicyclic amines) is 2. The molecule has 0 aliphatic carbocycles. The predicted molar refractivity (Wildman–Crippen MR) is 140 cm³/mol. The van der Waals surface area contributed by atoms with Crippen LogP contribution in [0.2, 0.25) is 0 Å². The lowest BCUT2D eigenvalue weighted by molar-refractivity contribution is 0.0772. The zero-order chi connectivity index (χ0) is 25.8. The van der Waals surface area contributed by atoms with Crippen molar-refractivity contribution in [1.29, 1.82) is 0 Å². The third-order valence-corrected chi connectivity index (χ3v) is 7.51. The van der Waals surface area contributed by atoms with Crippen LogP contribution in [0.15, 0.2) is 67.1 Å². The first-order chi connectivity index (χ1) is 18.0. The minimum atomic E-state index is -0.548. The van der Waals surface area contributed by atoms with Gasteiger partial charge in [0.1, 0.15) is 0 Å². The topological polar surface area (TPSA) is 87.7 Å². The van der Waals surface area contributed by atoms with E-state index in [1.165, 1.54) is 18.6 Å². The lowest BCUT2D eigenvalue weighted by Gasteiger charge is -2.25. The van der Waals surface area contributed by atoms with E-state index in [1.807, 2.05) is 67.3 Å². The highest BCUT2D eigenvalue weighted by Gasteiger charge is 2.42. The van der Waals surface area contributed by atoms with Crippen molar-refractivity contribution in [1.82, 2.24) is 25.1 Å². The molecule has 3 heterocycles. The number of nitrogens with one attached hydrogen (secondary N) is 1. The molecule has 2 aliphatic heterocycles. The Kier molecular flexibility index (Phi) is 7.46. The van der Waals surface area contributed by atoms with Crippen LogP contribution >= 0.6 is 0 Å². The lowest BCUT2D eigenvalue weighted by atomic mass is 10.0. The molecule has 2 fully saturated rings. The number of nitrogens with zero attached hydrogens (tertiary/aromatic N) is 4. The molecule has 0 bridgehead atoms. The van der Waals surface area contributed by atoms with Crippen LogP contribution in [0.1, 0.15) is 39.5 Å². The van der Waals surface area contributed by atoms with Gasteiger partial charge in [0.2, 0.25) is 5.88 Å². The molecule has 0 radical (unpaired) electrons. The van der Waals surface area contributed by atoms with Gasteiger partial charge in [0.05, 0.1) is 12.2 Å². The van der Waals surface area contributed by atoms with Crippen molar-refractivity contribution in [2.45, 2.75) is 26.3 Å².